The lowest BCUT2D eigenvalue weighted by atomic mass is 10.1. The Hall–Kier alpha value is -4.53. The third kappa shape index (κ3) is 6.08. The Labute approximate surface area is 202 Å². The Balaban J connectivity index is 1.33. The van der Waals surface area contributed by atoms with Crippen LogP contribution in [0.5, 0.6) is 28.7 Å². The first-order valence-corrected chi connectivity index (χ1v) is 10.7. The van der Waals surface area contributed by atoms with Crippen molar-refractivity contribution in [1.29, 1.82) is 0 Å². The van der Waals surface area contributed by atoms with Gasteiger partial charge in [0.05, 0.1) is 18.9 Å². The molecule has 1 amide bonds. The summed E-state index contributed by atoms with van der Waals surface area (Å²) in [5.74, 6) is 1.27. The summed E-state index contributed by atoms with van der Waals surface area (Å²) in [5, 5.41) is 3.94. The fraction of sp³-hybridized carbons (Fsp3) is 0.192. The molecule has 1 N–H and O–H groups in total. The van der Waals surface area contributed by atoms with E-state index in [4.69, 9.17) is 23.7 Å². The standard InChI is InChI=1S/C26H24N2O7/c1-16-8-17(2)10-20(9-16)32-14-25(29)28-27-13-18-4-6-22(23(11-18)31-3)35-26(30)19-5-7-21-24(12-19)34-15-33-21/h4-13H,14-15H2,1-3H3,(H,28,29). The average Bonchev–Trinajstić information content (AvgIpc) is 3.31. The zero-order valence-electron chi connectivity index (χ0n) is 19.5. The van der Waals surface area contributed by atoms with Gasteiger partial charge < -0.3 is 23.7 Å². The van der Waals surface area contributed by atoms with Gasteiger partial charge in [0, 0.05) is 0 Å². The molecule has 3 aromatic carbocycles. The van der Waals surface area contributed by atoms with E-state index in [-0.39, 0.29) is 19.1 Å². The number of hydrogen-bond donors (Lipinski definition) is 1. The van der Waals surface area contributed by atoms with Crippen molar-refractivity contribution in [2.24, 2.45) is 5.10 Å². The lowest BCUT2D eigenvalue weighted by Gasteiger charge is -2.10. The van der Waals surface area contributed by atoms with Gasteiger partial charge in [0.2, 0.25) is 6.79 Å². The van der Waals surface area contributed by atoms with Crippen LogP contribution in [0, 0.1) is 13.8 Å². The Bertz CT molecular complexity index is 1270. The topological polar surface area (TPSA) is 105 Å². The van der Waals surface area contributed by atoms with Crippen molar-refractivity contribution < 1.29 is 33.3 Å². The zero-order valence-corrected chi connectivity index (χ0v) is 19.5. The molecule has 0 fully saturated rings. The van der Waals surface area contributed by atoms with Crippen molar-refractivity contribution in [1.82, 2.24) is 5.43 Å². The number of carbonyl (C=O) groups is 2. The number of amides is 1. The molecule has 0 aliphatic carbocycles. The second-order valence-electron chi connectivity index (χ2n) is 7.77. The molecule has 0 unspecified atom stereocenters. The number of hydrogen-bond acceptors (Lipinski definition) is 8. The average molecular weight is 476 g/mol. The van der Waals surface area contributed by atoms with Crippen molar-refractivity contribution in [3.05, 3.63) is 76.9 Å². The Morgan fingerprint density at radius 3 is 2.51 bits per heavy atom. The molecule has 0 saturated carbocycles. The van der Waals surface area contributed by atoms with Crippen molar-refractivity contribution in [2.75, 3.05) is 20.5 Å². The van der Waals surface area contributed by atoms with Gasteiger partial charge >= 0.3 is 5.97 Å². The van der Waals surface area contributed by atoms with Crippen LogP contribution in [0.1, 0.15) is 27.0 Å². The molecule has 0 spiro atoms. The van der Waals surface area contributed by atoms with Gasteiger partial charge in [0.1, 0.15) is 5.75 Å². The summed E-state index contributed by atoms with van der Waals surface area (Å²) in [6.45, 7) is 3.87. The number of nitrogens with zero attached hydrogens (tertiary/aromatic N) is 1. The van der Waals surface area contributed by atoms with Gasteiger partial charge in [-0.2, -0.15) is 5.10 Å². The fourth-order valence-corrected chi connectivity index (χ4v) is 3.41. The molecule has 35 heavy (non-hydrogen) atoms. The van der Waals surface area contributed by atoms with Crippen LogP contribution in [0.3, 0.4) is 0 Å². The predicted octanol–water partition coefficient (Wildman–Crippen LogP) is 3.79. The number of fused-ring (bicyclic) bond motifs is 1. The van der Waals surface area contributed by atoms with Crippen LogP contribution in [-0.4, -0.2) is 38.6 Å². The number of methoxy groups -OCH3 is 1. The van der Waals surface area contributed by atoms with Crippen LogP contribution < -0.4 is 29.1 Å². The minimum atomic E-state index is -0.570. The fourth-order valence-electron chi connectivity index (χ4n) is 3.41. The van der Waals surface area contributed by atoms with Crippen molar-refractivity contribution in [3.63, 3.8) is 0 Å². The molecular formula is C26H24N2O7. The summed E-state index contributed by atoms with van der Waals surface area (Å²) in [6, 6.07) is 15.4. The highest BCUT2D eigenvalue weighted by Crippen LogP contribution is 2.33. The van der Waals surface area contributed by atoms with E-state index in [2.05, 4.69) is 10.5 Å². The van der Waals surface area contributed by atoms with Crippen molar-refractivity contribution in [2.45, 2.75) is 13.8 Å². The minimum absolute atomic E-state index is 0.116. The Morgan fingerprint density at radius 1 is 0.971 bits per heavy atom. The molecule has 9 nitrogen and oxygen atoms in total. The highest BCUT2D eigenvalue weighted by atomic mass is 16.7. The molecular weight excluding hydrogens is 452 g/mol. The van der Waals surface area contributed by atoms with Gasteiger partial charge in [-0.15, -0.1) is 0 Å². The second kappa shape index (κ2) is 10.6. The van der Waals surface area contributed by atoms with E-state index in [1.807, 2.05) is 32.0 Å². The monoisotopic (exact) mass is 476 g/mol. The number of hydrazone groups is 1. The maximum atomic E-state index is 12.6. The summed E-state index contributed by atoms with van der Waals surface area (Å²) in [4.78, 5) is 24.6. The van der Waals surface area contributed by atoms with E-state index in [1.165, 1.54) is 13.3 Å². The summed E-state index contributed by atoms with van der Waals surface area (Å²) >= 11 is 0. The van der Waals surface area contributed by atoms with Gasteiger partial charge in [-0.3, -0.25) is 4.79 Å². The third-order valence-corrected chi connectivity index (χ3v) is 4.97. The number of benzene rings is 3. The molecule has 1 heterocycles. The number of ether oxygens (including phenoxy) is 5. The van der Waals surface area contributed by atoms with Crippen molar-refractivity contribution in [3.8, 4) is 28.7 Å². The first-order valence-electron chi connectivity index (χ1n) is 10.7. The molecule has 0 aromatic heterocycles. The maximum absolute atomic E-state index is 12.6. The molecule has 180 valence electrons. The van der Waals surface area contributed by atoms with E-state index < -0.39 is 11.9 Å². The number of aryl methyl sites for hydroxylation is 2. The molecule has 9 heteroatoms. The number of rotatable bonds is 8. The molecule has 3 aromatic rings. The van der Waals surface area contributed by atoms with Crippen molar-refractivity contribution >= 4 is 18.1 Å². The molecule has 0 bridgehead atoms. The normalized spacial score (nSPS) is 11.9. The smallest absolute Gasteiger partial charge is 0.343 e. The second-order valence-corrected chi connectivity index (χ2v) is 7.77. The van der Waals surface area contributed by atoms with Crippen LogP contribution in [0.15, 0.2) is 59.7 Å². The number of carbonyl (C=O) groups excluding carboxylic acids is 2. The first-order chi connectivity index (χ1) is 16.9. The van der Waals surface area contributed by atoms with Gasteiger partial charge in [-0.1, -0.05) is 6.07 Å². The van der Waals surface area contributed by atoms with Crippen LogP contribution in [0.25, 0.3) is 0 Å². The SMILES string of the molecule is COc1cc(C=NNC(=O)COc2cc(C)cc(C)c2)ccc1OC(=O)c1ccc2c(c1)OCO2. The Morgan fingerprint density at radius 2 is 1.74 bits per heavy atom. The largest absolute Gasteiger partial charge is 0.493 e. The van der Waals surface area contributed by atoms with Gasteiger partial charge in [-0.05, 0) is 79.1 Å². The molecule has 4 rings (SSSR count). The first kappa shape index (κ1) is 23.6. The van der Waals surface area contributed by atoms with Crippen LogP contribution >= 0.6 is 0 Å². The minimum Gasteiger partial charge on any atom is -0.493 e. The van der Waals surface area contributed by atoms with E-state index in [0.29, 0.717) is 34.1 Å². The maximum Gasteiger partial charge on any atom is 0.343 e. The number of nitrogens with one attached hydrogen (secondary N) is 1. The predicted molar refractivity (Wildman–Crippen MR) is 128 cm³/mol. The van der Waals surface area contributed by atoms with Crippen LogP contribution in [-0.2, 0) is 4.79 Å². The highest BCUT2D eigenvalue weighted by Gasteiger charge is 2.18. The third-order valence-electron chi connectivity index (χ3n) is 4.97. The van der Waals surface area contributed by atoms with E-state index >= 15 is 0 Å². The van der Waals surface area contributed by atoms with E-state index in [0.717, 1.165) is 11.1 Å². The lowest BCUT2D eigenvalue weighted by molar-refractivity contribution is -0.123. The summed E-state index contributed by atoms with van der Waals surface area (Å²) in [6.07, 6.45) is 1.45. The summed E-state index contributed by atoms with van der Waals surface area (Å²) in [5.41, 5.74) is 5.46. The molecule has 0 radical (unpaired) electrons. The summed E-state index contributed by atoms with van der Waals surface area (Å²) in [7, 11) is 1.46. The molecule has 0 saturated heterocycles. The number of esters is 1. The van der Waals surface area contributed by atoms with Crippen LogP contribution in [0.2, 0.25) is 0 Å². The zero-order chi connectivity index (χ0) is 24.8. The van der Waals surface area contributed by atoms with Gasteiger partial charge in [0.25, 0.3) is 5.91 Å². The molecule has 1 aliphatic heterocycles. The lowest BCUT2D eigenvalue weighted by Crippen LogP contribution is -2.24. The quantitative estimate of drug-likeness (QED) is 0.228. The van der Waals surface area contributed by atoms with Gasteiger partial charge in [-0.25, -0.2) is 10.2 Å². The summed E-state index contributed by atoms with van der Waals surface area (Å²) < 4.78 is 26.9. The molecule has 0 atom stereocenters. The van der Waals surface area contributed by atoms with Crippen LogP contribution in [0.4, 0.5) is 0 Å². The Kier molecular flexibility index (Phi) is 7.15. The molecule has 1 aliphatic rings. The van der Waals surface area contributed by atoms with E-state index in [9.17, 15) is 9.59 Å². The highest BCUT2D eigenvalue weighted by molar-refractivity contribution is 5.92. The van der Waals surface area contributed by atoms with Gasteiger partial charge in [0.15, 0.2) is 29.6 Å². The van der Waals surface area contributed by atoms with E-state index in [1.54, 1.807) is 36.4 Å².